The Morgan fingerprint density at radius 1 is 1.00 bits per heavy atom. The van der Waals surface area contributed by atoms with E-state index >= 15 is 0 Å². The van der Waals surface area contributed by atoms with Gasteiger partial charge in [-0.15, -0.1) is 0 Å². The van der Waals surface area contributed by atoms with E-state index in [4.69, 9.17) is 27.6 Å². The molecule has 1 aromatic heterocycles. The number of benzene rings is 2. The van der Waals surface area contributed by atoms with E-state index in [1.165, 1.54) is 11.8 Å². The molecule has 5 heteroatoms. The summed E-state index contributed by atoms with van der Waals surface area (Å²) >= 11 is 13.5. The zero-order valence-corrected chi connectivity index (χ0v) is 14.7. The topological polar surface area (TPSA) is 36.9 Å². The van der Waals surface area contributed by atoms with E-state index in [2.05, 4.69) is 6.07 Å². The molecule has 118 valence electrons. The van der Waals surface area contributed by atoms with E-state index in [1.807, 2.05) is 54.6 Å². The van der Waals surface area contributed by atoms with Crippen LogP contribution in [-0.4, -0.2) is 0 Å². The van der Waals surface area contributed by atoms with Gasteiger partial charge >= 0.3 is 0 Å². The van der Waals surface area contributed by atoms with Gasteiger partial charge in [0.05, 0.1) is 11.6 Å². The maximum absolute atomic E-state index is 9.40. The predicted octanol–water partition coefficient (Wildman–Crippen LogP) is 6.80. The fraction of sp³-hybridized carbons (Fsp3) is 0. The molecule has 0 saturated heterocycles. The Bertz CT molecular complexity index is 923. The van der Waals surface area contributed by atoms with Crippen molar-refractivity contribution in [2.45, 2.75) is 9.99 Å². The summed E-state index contributed by atoms with van der Waals surface area (Å²) in [7, 11) is 0. The van der Waals surface area contributed by atoms with E-state index < -0.39 is 0 Å². The number of allylic oxidation sites excluding steroid dienone is 1. The fourth-order valence-electron chi connectivity index (χ4n) is 2.08. The third-order valence-electron chi connectivity index (χ3n) is 3.21. The van der Waals surface area contributed by atoms with Crippen LogP contribution in [0.15, 0.2) is 75.1 Å². The average Bonchev–Trinajstić information content (AvgIpc) is 3.03. The van der Waals surface area contributed by atoms with Gasteiger partial charge in [0.2, 0.25) is 0 Å². The Balaban J connectivity index is 1.83. The molecule has 0 aliphatic rings. The van der Waals surface area contributed by atoms with Crippen molar-refractivity contribution in [3.8, 4) is 6.07 Å². The normalized spacial score (nSPS) is 11.3. The zero-order valence-electron chi connectivity index (χ0n) is 12.4. The summed E-state index contributed by atoms with van der Waals surface area (Å²) in [6.45, 7) is 0. The Kier molecular flexibility index (Phi) is 5.32. The Hall–Kier alpha value is -2.12. The quantitative estimate of drug-likeness (QED) is 0.473. The second kappa shape index (κ2) is 7.63. The highest BCUT2D eigenvalue weighted by Crippen LogP contribution is 2.31. The van der Waals surface area contributed by atoms with Crippen molar-refractivity contribution in [3.63, 3.8) is 0 Å². The monoisotopic (exact) mass is 371 g/mol. The standard InChI is InChI=1S/C19H11Cl2NOS/c20-14-5-8-16(9-6-14)24-19-10-7-15(23-19)11-13(12-22)17-3-1-2-4-18(17)21/h1-11H. The van der Waals surface area contributed by atoms with Gasteiger partial charge in [0, 0.05) is 20.5 Å². The minimum atomic E-state index is 0.456. The molecule has 0 aliphatic heterocycles. The summed E-state index contributed by atoms with van der Waals surface area (Å²) in [6, 6.07) is 20.6. The van der Waals surface area contributed by atoms with Gasteiger partial charge in [-0.1, -0.05) is 53.2 Å². The molecule has 0 saturated carbocycles. The molecule has 2 nitrogen and oxygen atoms in total. The van der Waals surface area contributed by atoms with Gasteiger partial charge in [0.1, 0.15) is 5.76 Å². The van der Waals surface area contributed by atoms with E-state index in [1.54, 1.807) is 12.1 Å². The lowest BCUT2D eigenvalue weighted by atomic mass is 10.1. The molecule has 24 heavy (non-hydrogen) atoms. The number of hydrogen-bond donors (Lipinski definition) is 0. The summed E-state index contributed by atoms with van der Waals surface area (Å²) in [5.74, 6) is 0.600. The van der Waals surface area contributed by atoms with E-state index in [9.17, 15) is 5.26 Å². The molecular formula is C19H11Cl2NOS. The molecule has 0 unspecified atom stereocenters. The number of nitrogens with zero attached hydrogens (tertiary/aromatic N) is 1. The molecular weight excluding hydrogens is 361 g/mol. The molecule has 3 rings (SSSR count). The lowest BCUT2D eigenvalue weighted by Crippen LogP contribution is -1.82. The molecule has 2 aromatic carbocycles. The van der Waals surface area contributed by atoms with Gasteiger partial charge in [-0.25, -0.2) is 0 Å². The molecule has 0 radical (unpaired) electrons. The molecule has 0 fully saturated rings. The van der Waals surface area contributed by atoms with Crippen molar-refractivity contribution in [1.29, 1.82) is 5.26 Å². The maximum atomic E-state index is 9.40. The molecule has 0 aliphatic carbocycles. The van der Waals surface area contributed by atoms with E-state index in [0.717, 1.165) is 9.99 Å². The Morgan fingerprint density at radius 2 is 1.75 bits per heavy atom. The lowest BCUT2D eigenvalue weighted by molar-refractivity contribution is 0.466. The van der Waals surface area contributed by atoms with E-state index in [0.29, 0.717) is 26.9 Å². The van der Waals surface area contributed by atoms with Crippen LogP contribution in [0.5, 0.6) is 0 Å². The van der Waals surface area contributed by atoms with Crippen molar-refractivity contribution in [2.24, 2.45) is 0 Å². The van der Waals surface area contributed by atoms with Crippen molar-refractivity contribution in [3.05, 3.63) is 82.0 Å². The van der Waals surface area contributed by atoms with Crippen molar-refractivity contribution >= 4 is 46.6 Å². The van der Waals surface area contributed by atoms with Crippen LogP contribution in [0.4, 0.5) is 0 Å². The number of rotatable bonds is 4. The molecule has 0 N–H and O–H groups in total. The first-order valence-electron chi connectivity index (χ1n) is 7.05. The summed E-state index contributed by atoms with van der Waals surface area (Å²) in [5.41, 5.74) is 1.14. The summed E-state index contributed by atoms with van der Waals surface area (Å²) in [6.07, 6.45) is 1.69. The first-order chi connectivity index (χ1) is 11.7. The highest BCUT2D eigenvalue weighted by molar-refractivity contribution is 7.99. The zero-order chi connectivity index (χ0) is 16.9. The second-order valence-electron chi connectivity index (χ2n) is 4.86. The number of furan rings is 1. The first-order valence-corrected chi connectivity index (χ1v) is 8.63. The van der Waals surface area contributed by atoms with Gasteiger partial charge < -0.3 is 4.42 Å². The van der Waals surface area contributed by atoms with Crippen LogP contribution in [0.1, 0.15) is 11.3 Å². The molecule has 0 bridgehead atoms. The second-order valence-corrected chi connectivity index (χ2v) is 6.78. The third-order valence-corrected chi connectivity index (χ3v) is 4.72. The predicted molar refractivity (Wildman–Crippen MR) is 99.2 cm³/mol. The molecule has 0 spiro atoms. The SMILES string of the molecule is N#CC(=Cc1ccc(Sc2ccc(Cl)cc2)o1)c1ccccc1Cl. The number of halogens is 2. The first kappa shape index (κ1) is 16.7. The molecule has 1 heterocycles. The van der Waals surface area contributed by atoms with Crippen LogP contribution >= 0.6 is 35.0 Å². The van der Waals surface area contributed by atoms with Crippen LogP contribution in [0, 0.1) is 11.3 Å². The van der Waals surface area contributed by atoms with Crippen LogP contribution in [0.2, 0.25) is 10.0 Å². The van der Waals surface area contributed by atoms with Crippen LogP contribution < -0.4 is 0 Å². The Morgan fingerprint density at radius 3 is 2.46 bits per heavy atom. The summed E-state index contributed by atoms with van der Waals surface area (Å²) in [4.78, 5) is 1.02. The lowest BCUT2D eigenvalue weighted by Gasteiger charge is -2.01. The van der Waals surface area contributed by atoms with Gasteiger partial charge in [0.15, 0.2) is 5.09 Å². The van der Waals surface area contributed by atoms with Crippen molar-refractivity contribution in [1.82, 2.24) is 0 Å². The van der Waals surface area contributed by atoms with Crippen molar-refractivity contribution in [2.75, 3.05) is 0 Å². The third kappa shape index (κ3) is 4.04. The molecule has 0 atom stereocenters. The summed E-state index contributed by atoms with van der Waals surface area (Å²) < 4.78 is 5.77. The molecule has 0 amide bonds. The minimum absolute atomic E-state index is 0.456. The Labute approximate surface area is 154 Å². The highest BCUT2D eigenvalue weighted by Gasteiger charge is 2.08. The highest BCUT2D eigenvalue weighted by atomic mass is 35.5. The van der Waals surface area contributed by atoms with Gasteiger partial charge in [-0.2, -0.15) is 5.26 Å². The number of nitriles is 1. The average molecular weight is 372 g/mol. The van der Waals surface area contributed by atoms with Crippen molar-refractivity contribution < 1.29 is 4.42 Å². The fourth-order valence-corrected chi connectivity index (χ4v) is 3.22. The van der Waals surface area contributed by atoms with Crippen LogP contribution in [-0.2, 0) is 0 Å². The molecule has 3 aromatic rings. The largest absolute Gasteiger partial charge is 0.450 e. The van der Waals surface area contributed by atoms with Gasteiger partial charge in [0.25, 0.3) is 0 Å². The maximum Gasteiger partial charge on any atom is 0.165 e. The summed E-state index contributed by atoms with van der Waals surface area (Å²) in [5, 5.41) is 11.4. The van der Waals surface area contributed by atoms with Crippen LogP contribution in [0.3, 0.4) is 0 Å². The number of hydrogen-bond acceptors (Lipinski definition) is 3. The van der Waals surface area contributed by atoms with Crippen LogP contribution in [0.25, 0.3) is 11.6 Å². The van der Waals surface area contributed by atoms with Gasteiger partial charge in [-0.05, 0) is 48.5 Å². The minimum Gasteiger partial charge on any atom is -0.450 e. The van der Waals surface area contributed by atoms with E-state index in [-0.39, 0.29) is 0 Å². The smallest absolute Gasteiger partial charge is 0.165 e. The van der Waals surface area contributed by atoms with Gasteiger partial charge in [-0.3, -0.25) is 0 Å².